The van der Waals surface area contributed by atoms with Gasteiger partial charge in [0.05, 0.1) is 19.1 Å². The Morgan fingerprint density at radius 1 is 0.506 bits per heavy atom. The molecule has 0 spiro atoms. The summed E-state index contributed by atoms with van der Waals surface area (Å²) in [6, 6.07) is -2.15. The molecular weight excluding hydrogens is 1120 g/mol. The molecule has 0 aliphatic carbocycles. The van der Waals surface area contributed by atoms with Crippen molar-refractivity contribution in [3.05, 3.63) is 12.2 Å². The van der Waals surface area contributed by atoms with Crippen LogP contribution in [0.4, 0.5) is 0 Å². The second-order valence-corrected chi connectivity index (χ2v) is 26.5. The van der Waals surface area contributed by atoms with Crippen LogP contribution in [-0.4, -0.2) is 115 Å². The van der Waals surface area contributed by atoms with E-state index in [1.165, 1.54) is 135 Å². The second-order valence-electron chi connectivity index (χ2n) is 24.7. The zero-order valence-corrected chi connectivity index (χ0v) is 56.6. The number of aliphatic hydroxyl groups excluding tert-OH is 1. The third kappa shape index (κ3) is 38.5. The molecule has 2 heterocycles. The van der Waals surface area contributed by atoms with Crippen molar-refractivity contribution in [2.24, 2.45) is 5.92 Å². The maximum absolute atomic E-state index is 14.1. The topological polar surface area (TPSA) is 214 Å². The number of allylic oxidation sites excluding steroid dienone is 2. The molecule has 0 bridgehead atoms. The highest BCUT2D eigenvalue weighted by Gasteiger charge is 2.54. The van der Waals surface area contributed by atoms with Crippen LogP contribution in [0.2, 0.25) is 0 Å². The van der Waals surface area contributed by atoms with E-state index >= 15 is 0 Å². The molecule has 4 N–H and O–H groups in total. The number of aliphatic hydroxyl groups is 1. The van der Waals surface area contributed by atoms with E-state index in [4.69, 9.17) is 32.7 Å². The van der Waals surface area contributed by atoms with Crippen LogP contribution >= 0.6 is 16.3 Å². The molecule has 85 heavy (non-hydrogen) atoms. The summed E-state index contributed by atoms with van der Waals surface area (Å²) >= 11 is 0. The van der Waals surface area contributed by atoms with Gasteiger partial charge in [0, 0.05) is 30.6 Å². The maximum atomic E-state index is 14.1. The Morgan fingerprint density at radius 3 is 1.51 bits per heavy atom. The van der Waals surface area contributed by atoms with Crippen LogP contribution in [0.5, 0.6) is 0 Å². The van der Waals surface area contributed by atoms with Crippen molar-refractivity contribution in [1.82, 2.24) is 10.6 Å². The highest BCUT2D eigenvalue weighted by atomic mass is 31.1. The molecule has 2 saturated heterocycles. The molecule has 2 fully saturated rings. The number of rotatable bonds is 57. The predicted octanol–water partition coefficient (Wildman–Crippen LogP) is 16.8. The van der Waals surface area contributed by atoms with E-state index in [1.807, 2.05) is 6.92 Å². The monoisotopic (exact) mass is 1240 g/mol. The Bertz CT molecular complexity index is 1730. The van der Waals surface area contributed by atoms with Crippen LogP contribution in [0.3, 0.4) is 0 Å². The molecule has 2 aliphatic rings. The van der Waals surface area contributed by atoms with E-state index < -0.39 is 83.5 Å². The van der Waals surface area contributed by atoms with Gasteiger partial charge in [0.15, 0.2) is 19.1 Å². The van der Waals surface area contributed by atoms with E-state index in [-0.39, 0.29) is 44.2 Å². The second kappa shape index (κ2) is 52.9. The van der Waals surface area contributed by atoms with Gasteiger partial charge in [-0.3, -0.25) is 14.4 Å². The van der Waals surface area contributed by atoms with Gasteiger partial charge in [-0.05, 0) is 68.3 Å². The summed E-state index contributed by atoms with van der Waals surface area (Å²) in [4.78, 5) is 51.2. The molecule has 0 saturated carbocycles. The van der Waals surface area contributed by atoms with Gasteiger partial charge >= 0.3 is 16.3 Å². The molecule has 18 heteroatoms. The van der Waals surface area contributed by atoms with E-state index in [1.54, 1.807) is 0 Å². The highest BCUT2D eigenvalue weighted by molar-refractivity contribution is 7.38. The number of hydrogen-bond donors (Lipinski definition) is 4. The van der Waals surface area contributed by atoms with E-state index in [9.17, 15) is 33.5 Å². The van der Waals surface area contributed by atoms with Crippen molar-refractivity contribution in [1.29, 1.82) is 0 Å². The van der Waals surface area contributed by atoms with Gasteiger partial charge in [0.2, 0.25) is 18.1 Å². The largest absolute Gasteiger partial charge is 0.695 e. The number of unbranched alkanes of at least 4 members (excludes halogenated alkanes) is 30. The van der Waals surface area contributed by atoms with Crippen molar-refractivity contribution in [3.63, 3.8) is 0 Å². The van der Waals surface area contributed by atoms with Gasteiger partial charge in [-0.15, -0.1) is 13.9 Å². The molecule has 0 aromatic heterocycles. The van der Waals surface area contributed by atoms with Crippen molar-refractivity contribution in [2.45, 2.75) is 366 Å². The molecular formula is C67H126N2O14P2+2. The minimum absolute atomic E-state index is 0.194. The smallest absolute Gasteiger partial charge is 0.388 e. The number of carbonyl (C=O) groups excluding carboxylic acids is 3. The van der Waals surface area contributed by atoms with Crippen LogP contribution in [0.25, 0.3) is 0 Å². The lowest BCUT2D eigenvalue weighted by Gasteiger charge is -2.46. The fourth-order valence-electron chi connectivity index (χ4n) is 11.6. The van der Waals surface area contributed by atoms with Gasteiger partial charge in [-0.25, -0.2) is 0 Å². The Balaban J connectivity index is 2.34. The molecule has 13 atom stereocenters. The SMILES string of the molecule is CCCCCC/C=C\CCCCCCCCCC(=O)NC1C(OCC2OC(O[P+](C)=O)C(NC(=O)CC(=O)CCCCCCCCCCC)C(OCCCCCCCCCC)C2O)OC(CC)C(O[P+](=O)O)C1OCC[C@H](C)CCCCCCC. The lowest BCUT2D eigenvalue weighted by atomic mass is 9.94. The fourth-order valence-corrected chi connectivity index (χ4v) is 12.6. The summed E-state index contributed by atoms with van der Waals surface area (Å²) < 4.78 is 69.8. The third-order valence-electron chi connectivity index (χ3n) is 16.9. The Hall–Kier alpha value is -1.81. The third-order valence-corrected chi connectivity index (χ3v) is 17.8. The summed E-state index contributed by atoms with van der Waals surface area (Å²) in [5.41, 5.74) is 0. The van der Waals surface area contributed by atoms with Crippen molar-refractivity contribution < 1.29 is 66.2 Å². The van der Waals surface area contributed by atoms with E-state index in [0.29, 0.717) is 38.2 Å². The molecule has 12 unspecified atom stereocenters. The Labute approximate surface area is 519 Å². The van der Waals surface area contributed by atoms with Crippen molar-refractivity contribution in [3.8, 4) is 0 Å². The Morgan fingerprint density at radius 2 is 0.965 bits per heavy atom. The van der Waals surface area contributed by atoms with Gasteiger partial charge in [0.1, 0.15) is 42.3 Å². The first-order valence-electron chi connectivity index (χ1n) is 34.8. The minimum atomic E-state index is -3.10. The molecule has 0 aromatic rings. The molecule has 16 nitrogen and oxygen atoms in total. The minimum Gasteiger partial charge on any atom is -0.388 e. The van der Waals surface area contributed by atoms with Crippen LogP contribution in [0, 0.1) is 5.92 Å². The van der Waals surface area contributed by atoms with Crippen molar-refractivity contribution in [2.75, 3.05) is 26.5 Å². The van der Waals surface area contributed by atoms with Crippen LogP contribution in [0.1, 0.15) is 305 Å². The zero-order valence-electron chi connectivity index (χ0n) is 54.8. The lowest BCUT2D eigenvalue weighted by Crippen LogP contribution is -2.67. The quantitative estimate of drug-likeness (QED) is 0.0193. The number of hydrogen-bond acceptors (Lipinski definition) is 13. The number of amides is 2. The first kappa shape index (κ1) is 79.3. The first-order valence-corrected chi connectivity index (χ1v) is 37.5. The van der Waals surface area contributed by atoms with Gasteiger partial charge in [0.25, 0.3) is 0 Å². The van der Waals surface area contributed by atoms with E-state index in [0.717, 1.165) is 89.9 Å². The van der Waals surface area contributed by atoms with Gasteiger partial charge in [-0.1, -0.05) is 240 Å². The predicted molar refractivity (Wildman–Crippen MR) is 343 cm³/mol. The Kier molecular flexibility index (Phi) is 49.4. The average Bonchev–Trinajstić information content (AvgIpc) is 1.94. The summed E-state index contributed by atoms with van der Waals surface area (Å²) in [6.07, 6.45) is 36.8. The van der Waals surface area contributed by atoms with Crippen LogP contribution in [-0.2, 0) is 56.2 Å². The molecule has 496 valence electrons. The average molecular weight is 1250 g/mol. The summed E-state index contributed by atoms with van der Waals surface area (Å²) in [5.74, 6) is -0.677. The number of nitrogens with one attached hydrogen (secondary N) is 2. The van der Waals surface area contributed by atoms with Crippen LogP contribution in [0.15, 0.2) is 12.2 Å². The number of ketones is 1. The first-order chi connectivity index (χ1) is 41.3. The molecule has 2 amide bonds. The molecule has 2 rings (SSSR count). The van der Waals surface area contributed by atoms with Gasteiger partial charge in [-0.2, -0.15) is 0 Å². The number of ether oxygens (including phenoxy) is 5. The fraction of sp³-hybridized carbons (Fsp3) is 0.925. The summed E-state index contributed by atoms with van der Waals surface area (Å²) in [7, 11) is -5.41. The van der Waals surface area contributed by atoms with Crippen LogP contribution < -0.4 is 10.6 Å². The standard InChI is InChI=1S/C67H124N2O14P2/c1-8-13-17-21-24-27-28-29-30-31-32-34-36-40-44-48-58(71)68-61-65(78-51-49-54(6)46-42-38-20-16-11-4)63(82-85(75)76)56(12-5)80-66(61)79-53-57-62(73)64(77-50-45-41-37-26-23-19-15-10-3)60(67(81-57)83-84(7)74)69-59(72)52-55(70)47-43-39-35-33-25-22-18-14-9-2/h27-28,54,56-57,60-67,73H,8-26,29-53H2,1-7H3,(H-2,68,69,71,72,75,76)/p+2/b28-27-/t54-,56?,57?,60?,61?,62?,63?,64?,65?,66?,67?/m1/s1. The van der Waals surface area contributed by atoms with Gasteiger partial charge < -0.3 is 39.4 Å². The van der Waals surface area contributed by atoms with E-state index in [2.05, 4.69) is 57.4 Å². The molecule has 2 aliphatic heterocycles. The normalized spacial score (nSPS) is 23.3. The maximum Gasteiger partial charge on any atom is 0.695 e. The zero-order chi connectivity index (χ0) is 62.1. The highest BCUT2D eigenvalue weighted by Crippen LogP contribution is 2.36. The summed E-state index contributed by atoms with van der Waals surface area (Å²) in [5, 5.41) is 18.3. The number of carbonyl (C=O) groups is 3. The lowest BCUT2D eigenvalue weighted by molar-refractivity contribution is -0.295. The molecule has 0 aromatic carbocycles. The summed E-state index contributed by atoms with van der Waals surface area (Å²) in [6.45, 7) is 14.5. The number of Topliss-reactive ketones (excluding diaryl/α,β-unsaturated/α-hetero) is 1. The molecule has 0 radical (unpaired) electrons. The van der Waals surface area contributed by atoms with Crippen molar-refractivity contribution >= 4 is 33.9 Å².